The summed E-state index contributed by atoms with van der Waals surface area (Å²) in [4.78, 5) is 24.7. The molecule has 0 aromatic carbocycles. The number of methoxy groups -OCH3 is 1. The van der Waals surface area contributed by atoms with Crippen LogP contribution in [-0.2, 0) is 19.6 Å². The van der Waals surface area contributed by atoms with Crippen molar-refractivity contribution in [1.29, 1.82) is 0 Å². The number of esters is 1. The maximum Gasteiger partial charge on any atom is 0.306 e. The molecule has 2 heterocycles. The van der Waals surface area contributed by atoms with Gasteiger partial charge in [0.05, 0.1) is 24.7 Å². The van der Waals surface area contributed by atoms with Crippen LogP contribution in [0.25, 0.3) is 11.0 Å². The Morgan fingerprint density at radius 2 is 2.20 bits per heavy atom. The standard InChI is InChI=1S/C15H21N5O4S/c1-20(15-12-3-5-16-14(12)17-9-18-15)11-7-10(8-11)19-25(22,23)6-4-13(21)24-2/h3,5,9-11,19H,4,6-8H2,1-2H3,(H,16,17,18)/t10-,11+. The van der Waals surface area contributed by atoms with Gasteiger partial charge in [-0.15, -0.1) is 0 Å². The lowest BCUT2D eigenvalue weighted by molar-refractivity contribution is -0.140. The number of rotatable bonds is 7. The van der Waals surface area contributed by atoms with E-state index in [9.17, 15) is 13.2 Å². The second-order valence-electron chi connectivity index (χ2n) is 6.13. The summed E-state index contributed by atoms with van der Waals surface area (Å²) in [7, 11) is -0.301. The predicted molar refractivity (Wildman–Crippen MR) is 92.7 cm³/mol. The number of ether oxygens (including phenoxy) is 1. The van der Waals surface area contributed by atoms with Crippen molar-refractivity contribution < 1.29 is 17.9 Å². The van der Waals surface area contributed by atoms with E-state index in [1.54, 1.807) is 0 Å². The fourth-order valence-corrected chi connectivity index (χ4v) is 4.20. The van der Waals surface area contributed by atoms with E-state index in [-0.39, 0.29) is 24.3 Å². The first-order chi connectivity index (χ1) is 11.9. The van der Waals surface area contributed by atoms with Crippen LogP contribution in [0.4, 0.5) is 5.82 Å². The van der Waals surface area contributed by atoms with Gasteiger partial charge < -0.3 is 14.6 Å². The molecule has 3 rings (SSSR count). The van der Waals surface area contributed by atoms with Crippen molar-refractivity contribution in [3.8, 4) is 0 Å². The minimum Gasteiger partial charge on any atom is -0.469 e. The average molecular weight is 367 g/mol. The van der Waals surface area contributed by atoms with Gasteiger partial charge in [-0.05, 0) is 18.9 Å². The second-order valence-corrected chi connectivity index (χ2v) is 8.01. The van der Waals surface area contributed by atoms with Crippen LogP contribution in [0.5, 0.6) is 0 Å². The molecule has 0 radical (unpaired) electrons. The Balaban J connectivity index is 1.55. The number of anilines is 1. The van der Waals surface area contributed by atoms with Crippen LogP contribution in [-0.4, -0.2) is 61.3 Å². The van der Waals surface area contributed by atoms with E-state index in [2.05, 4.69) is 29.3 Å². The Morgan fingerprint density at radius 1 is 1.44 bits per heavy atom. The molecule has 1 aliphatic carbocycles. The number of nitrogens with zero attached hydrogens (tertiary/aromatic N) is 3. The average Bonchev–Trinajstić information content (AvgIpc) is 3.03. The summed E-state index contributed by atoms with van der Waals surface area (Å²) in [6, 6.07) is 1.99. The van der Waals surface area contributed by atoms with Gasteiger partial charge in [0.15, 0.2) is 0 Å². The maximum absolute atomic E-state index is 12.0. The first-order valence-electron chi connectivity index (χ1n) is 7.97. The Morgan fingerprint density at radius 3 is 2.92 bits per heavy atom. The Hall–Kier alpha value is -2.20. The molecule has 2 aromatic rings. The molecule has 2 aromatic heterocycles. The minimum absolute atomic E-state index is 0.126. The van der Waals surface area contributed by atoms with Crippen molar-refractivity contribution in [1.82, 2.24) is 19.7 Å². The number of fused-ring (bicyclic) bond motifs is 1. The van der Waals surface area contributed by atoms with Crippen molar-refractivity contribution in [3.63, 3.8) is 0 Å². The number of carbonyl (C=O) groups excluding carboxylic acids is 1. The number of nitrogens with one attached hydrogen (secondary N) is 2. The molecule has 1 fully saturated rings. The second kappa shape index (κ2) is 6.96. The van der Waals surface area contributed by atoms with Crippen molar-refractivity contribution in [3.05, 3.63) is 18.6 Å². The van der Waals surface area contributed by atoms with E-state index in [1.807, 2.05) is 19.3 Å². The number of hydrogen-bond acceptors (Lipinski definition) is 7. The minimum atomic E-state index is -3.49. The largest absolute Gasteiger partial charge is 0.469 e. The number of aromatic nitrogens is 3. The number of hydrogen-bond donors (Lipinski definition) is 2. The van der Waals surface area contributed by atoms with Crippen LogP contribution in [0.2, 0.25) is 0 Å². The summed E-state index contributed by atoms with van der Waals surface area (Å²) < 4.78 is 31.1. The molecule has 0 bridgehead atoms. The van der Waals surface area contributed by atoms with Crippen molar-refractivity contribution in [2.75, 3.05) is 24.8 Å². The van der Waals surface area contributed by atoms with Gasteiger partial charge in [-0.3, -0.25) is 4.79 Å². The fourth-order valence-electron chi connectivity index (χ4n) is 2.95. The van der Waals surface area contributed by atoms with Crippen LogP contribution >= 0.6 is 0 Å². The Bertz CT molecular complexity index is 860. The van der Waals surface area contributed by atoms with Crippen LogP contribution in [0.15, 0.2) is 18.6 Å². The zero-order chi connectivity index (χ0) is 18.0. The summed E-state index contributed by atoms with van der Waals surface area (Å²) in [5, 5.41) is 0.937. The monoisotopic (exact) mass is 367 g/mol. The molecule has 0 saturated heterocycles. The highest BCUT2D eigenvalue weighted by Crippen LogP contribution is 2.31. The van der Waals surface area contributed by atoms with Crippen molar-refractivity contribution in [2.24, 2.45) is 0 Å². The lowest BCUT2D eigenvalue weighted by atomic mass is 9.86. The van der Waals surface area contributed by atoms with Gasteiger partial charge in [0.2, 0.25) is 10.0 Å². The topological polar surface area (TPSA) is 117 Å². The number of H-pyrrole nitrogens is 1. The molecule has 1 aliphatic rings. The zero-order valence-electron chi connectivity index (χ0n) is 14.1. The van der Waals surface area contributed by atoms with E-state index in [4.69, 9.17) is 0 Å². The quantitative estimate of drug-likeness (QED) is 0.681. The summed E-state index contributed by atoms with van der Waals surface area (Å²) in [6.45, 7) is 0. The highest BCUT2D eigenvalue weighted by molar-refractivity contribution is 7.89. The molecule has 0 unspecified atom stereocenters. The fraction of sp³-hybridized carbons (Fsp3) is 0.533. The smallest absolute Gasteiger partial charge is 0.306 e. The van der Waals surface area contributed by atoms with Crippen LogP contribution in [0.1, 0.15) is 19.3 Å². The van der Waals surface area contributed by atoms with Gasteiger partial charge in [-0.2, -0.15) is 0 Å². The van der Waals surface area contributed by atoms with E-state index < -0.39 is 16.0 Å². The summed E-state index contributed by atoms with van der Waals surface area (Å²) in [6.07, 6.45) is 4.55. The van der Waals surface area contributed by atoms with Gasteiger partial charge in [0.1, 0.15) is 17.8 Å². The predicted octanol–water partition coefficient (Wildman–Crippen LogP) is 0.408. The molecule has 9 nitrogen and oxygen atoms in total. The molecule has 0 atom stereocenters. The highest BCUT2D eigenvalue weighted by atomic mass is 32.2. The molecule has 0 aliphatic heterocycles. The van der Waals surface area contributed by atoms with Gasteiger partial charge in [0.25, 0.3) is 0 Å². The lowest BCUT2D eigenvalue weighted by Gasteiger charge is -2.41. The lowest BCUT2D eigenvalue weighted by Crippen LogP contribution is -2.53. The summed E-state index contributed by atoms with van der Waals surface area (Å²) in [5.41, 5.74) is 0.774. The van der Waals surface area contributed by atoms with Crippen LogP contribution in [0.3, 0.4) is 0 Å². The maximum atomic E-state index is 12.0. The third-order valence-corrected chi connectivity index (χ3v) is 5.91. The van der Waals surface area contributed by atoms with E-state index in [0.29, 0.717) is 12.8 Å². The molecule has 136 valence electrons. The third-order valence-electron chi connectivity index (χ3n) is 4.48. The van der Waals surface area contributed by atoms with Gasteiger partial charge in [-0.1, -0.05) is 0 Å². The van der Waals surface area contributed by atoms with Crippen molar-refractivity contribution in [2.45, 2.75) is 31.3 Å². The molecule has 0 spiro atoms. The first-order valence-corrected chi connectivity index (χ1v) is 9.62. The summed E-state index contributed by atoms with van der Waals surface area (Å²) in [5.74, 6) is 0.0335. The number of carbonyl (C=O) groups is 1. The van der Waals surface area contributed by atoms with Crippen molar-refractivity contribution >= 4 is 32.8 Å². The highest BCUT2D eigenvalue weighted by Gasteiger charge is 2.35. The Kier molecular flexibility index (Phi) is 4.91. The normalized spacial score (nSPS) is 20.2. The SMILES string of the molecule is COC(=O)CCS(=O)(=O)N[C@H]1C[C@@H](N(C)c2ncnc3[nH]ccc23)C1. The zero-order valence-corrected chi connectivity index (χ0v) is 14.9. The molecular formula is C15H21N5O4S. The molecule has 10 heteroatoms. The molecular weight excluding hydrogens is 346 g/mol. The van der Waals surface area contributed by atoms with Gasteiger partial charge in [-0.25, -0.2) is 23.1 Å². The van der Waals surface area contributed by atoms with E-state index >= 15 is 0 Å². The van der Waals surface area contributed by atoms with Gasteiger partial charge in [0, 0.05) is 25.3 Å². The molecule has 25 heavy (non-hydrogen) atoms. The third kappa shape index (κ3) is 3.90. The first kappa shape index (κ1) is 17.6. The number of sulfonamides is 1. The van der Waals surface area contributed by atoms with Crippen LogP contribution in [0, 0.1) is 0 Å². The summed E-state index contributed by atoms with van der Waals surface area (Å²) >= 11 is 0. The van der Waals surface area contributed by atoms with Crippen LogP contribution < -0.4 is 9.62 Å². The van der Waals surface area contributed by atoms with E-state index in [0.717, 1.165) is 16.9 Å². The Labute approximate surface area is 145 Å². The van der Waals surface area contributed by atoms with Gasteiger partial charge >= 0.3 is 5.97 Å². The number of aromatic amines is 1. The molecule has 0 amide bonds. The van der Waals surface area contributed by atoms with E-state index in [1.165, 1.54) is 13.4 Å². The molecule has 1 saturated carbocycles. The molecule has 2 N–H and O–H groups in total.